The van der Waals surface area contributed by atoms with Crippen LogP contribution in [0.15, 0.2) is 29.3 Å². The molecule has 0 aromatic heterocycles. The topological polar surface area (TPSA) is 51.1 Å². The quantitative estimate of drug-likeness (QED) is 0.399. The van der Waals surface area contributed by atoms with Crippen LogP contribution in [-0.4, -0.2) is 61.3 Å². The number of rotatable bonds is 4. The number of aliphatic hydroxyl groups excluding tert-OH is 1. The smallest absolute Gasteiger partial charge is 0.194 e. The fourth-order valence-electron chi connectivity index (χ4n) is 3.73. The second-order valence-corrected chi connectivity index (χ2v) is 6.88. The highest BCUT2D eigenvalue weighted by Crippen LogP contribution is 2.25. The summed E-state index contributed by atoms with van der Waals surface area (Å²) in [5, 5.41) is 13.3. The minimum Gasteiger partial charge on any atom is -0.393 e. The second-order valence-electron chi connectivity index (χ2n) is 6.88. The normalized spacial score (nSPS) is 23.7. The number of nitrogens with one attached hydrogen (secondary N) is 1. The van der Waals surface area contributed by atoms with Crippen LogP contribution >= 0.6 is 24.0 Å². The number of aliphatic hydroxyl groups is 1. The second kappa shape index (κ2) is 10.3. The van der Waals surface area contributed by atoms with Gasteiger partial charge in [0.05, 0.1) is 11.8 Å². The van der Waals surface area contributed by atoms with Gasteiger partial charge in [0.15, 0.2) is 5.96 Å². The van der Waals surface area contributed by atoms with Gasteiger partial charge >= 0.3 is 0 Å². The molecule has 1 aromatic rings. The summed E-state index contributed by atoms with van der Waals surface area (Å²) in [4.78, 5) is 9.10. The molecule has 0 bridgehead atoms. The molecule has 1 aliphatic heterocycles. The molecule has 1 saturated carbocycles. The molecule has 7 heteroatoms. The van der Waals surface area contributed by atoms with Gasteiger partial charge in [-0.2, -0.15) is 0 Å². The number of para-hydroxylation sites is 1. The Labute approximate surface area is 172 Å². The predicted molar refractivity (Wildman–Crippen MR) is 115 cm³/mol. The summed E-state index contributed by atoms with van der Waals surface area (Å²) in [6.45, 7) is 6.74. The zero-order chi connectivity index (χ0) is 17.6. The summed E-state index contributed by atoms with van der Waals surface area (Å²) >= 11 is 0. The Kier molecular flexibility index (Phi) is 8.40. The summed E-state index contributed by atoms with van der Waals surface area (Å²) in [5.74, 6) is 1.04. The molecule has 5 nitrogen and oxygen atoms in total. The number of piperazine rings is 1. The molecule has 2 fully saturated rings. The van der Waals surface area contributed by atoms with Crippen LogP contribution in [0.5, 0.6) is 0 Å². The fraction of sp³-hybridized carbons (Fsp3) is 0.632. The van der Waals surface area contributed by atoms with Crippen LogP contribution in [0.2, 0.25) is 0 Å². The lowest BCUT2D eigenvalue weighted by atomic mass is 10.1. The number of hydrogen-bond donors (Lipinski definition) is 2. The van der Waals surface area contributed by atoms with Gasteiger partial charge in [0.25, 0.3) is 0 Å². The lowest BCUT2D eigenvalue weighted by Gasteiger charge is -2.38. The van der Waals surface area contributed by atoms with Crippen LogP contribution in [0, 0.1) is 11.7 Å². The van der Waals surface area contributed by atoms with Gasteiger partial charge < -0.3 is 20.2 Å². The minimum atomic E-state index is -0.204. The van der Waals surface area contributed by atoms with Gasteiger partial charge in [0.1, 0.15) is 5.82 Å². The average molecular weight is 476 g/mol. The van der Waals surface area contributed by atoms with Gasteiger partial charge in [-0.3, -0.25) is 4.99 Å². The highest BCUT2D eigenvalue weighted by molar-refractivity contribution is 14.0. The zero-order valence-corrected chi connectivity index (χ0v) is 17.7. The van der Waals surface area contributed by atoms with E-state index in [1.807, 2.05) is 12.1 Å². The Balaban J connectivity index is 0.00000243. The summed E-state index contributed by atoms with van der Waals surface area (Å²) in [7, 11) is 0. The molecule has 0 spiro atoms. The standard InChI is InChI=1S/C19H29FN4O.HI/c1-2-21-19(22-14-15-6-5-9-18(15)25)24-12-10-23(11-13-24)17-8-4-3-7-16(17)20;/h3-4,7-8,15,18,25H,2,5-6,9-14H2,1H3,(H,21,22);1H. The fourth-order valence-corrected chi connectivity index (χ4v) is 3.73. The minimum absolute atomic E-state index is 0. The molecule has 0 amide bonds. The number of aliphatic imine (C=N–C) groups is 1. The SMILES string of the molecule is CCNC(=NCC1CCCC1O)N1CCN(c2ccccc2F)CC1.I. The van der Waals surface area contributed by atoms with Crippen molar-refractivity contribution >= 4 is 35.6 Å². The third kappa shape index (κ3) is 5.22. The molecule has 2 N–H and O–H groups in total. The van der Waals surface area contributed by atoms with Gasteiger partial charge in [0, 0.05) is 45.2 Å². The zero-order valence-electron chi connectivity index (χ0n) is 15.4. The largest absolute Gasteiger partial charge is 0.393 e. The maximum absolute atomic E-state index is 14.0. The molecule has 1 saturated heterocycles. The van der Waals surface area contributed by atoms with Crippen molar-refractivity contribution in [2.24, 2.45) is 10.9 Å². The van der Waals surface area contributed by atoms with Crippen LogP contribution in [0.4, 0.5) is 10.1 Å². The van der Waals surface area contributed by atoms with Crippen molar-refractivity contribution in [3.63, 3.8) is 0 Å². The molecule has 26 heavy (non-hydrogen) atoms. The molecule has 1 aromatic carbocycles. The number of halogens is 2. The Morgan fingerprint density at radius 3 is 2.58 bits per heavy atom. The van der Waals surface area contributed by atoms with Gasteiger partial charge in [-0.25, -0.2) is 4.39 Å². The van der Waals surface area contributed by atoms with Gasteiger partial charge in [0.2, 0.25) is 0 Å². The Morgan fingerprint density at radius 2 is 1.96 bits per heavy atom. The molecular weight excluding hydrogens is 446 g/mol. The highest BCUT2D eigenvalue weighted by Gasteiger charge is 2.26. The predicted octanol–water partition coefficient (Wildman–Crippen LogP) is 2.69. The molecule has 2 unspecified atom stereocenters. The van der Waals surface area contributed by atoms with Crippen LogP contribution in [0.3, 0.4) is 0 Å². The third-order valence-electron chi connectivity index (χ3n) is 5.20. The monoisotopic (exact) mass is 476 g/mol. The van der Waals surface area contributed by atoms with E-state index in [-0.39, 0.29) is 41.8 Å². The molecular formula is C19H30FIN4O. The Morgan fingerprint density at radius 1 is 1.23 bits per heavy atom. The number of guanidine groups is 1. The summed E-state index contributed by atoms with van der Waals surface area (Å²) in [5.41, 5.74) is 0.679. The first-order valence-corrected chi connectivity index (χ1v) is 9.40. The Bertz CT molecular complexity index is 593. The van der Waals surface area contributed by atoms with E-state index in [0.29, 0.717) is 12.2 Å². The van der Waals surface area contributed by atoms with E-state index in [1.165, 1.54) is 6.07 Å². The summed E-state index contributed by atoms with van der Waals surface area (Å²) < 4.78 is 14.0. The lowest BCUT2D eigenvalue weighted by Crippen LogP contribution is -2.52. The van der Waals surface area contributed by atoms with Crippen molar-refractivity contribution < 1.29 is 9.50 Å². The van der Waals surface area contributed by atoms with Crippen LogP contribution < -0.4 is 10.2 Å². The van der Waals surface area contributed by atoms with Crippen molar-refractivity contribution in [3.05, 3.63) is 30.1 Å². The van der Waals surface area contributed by atoms with Gasteiger partial charge in [-0.05, 0) is 31.9 Å². The highest BCUT2D eigenvalue weighted by atomic mass is 127. The maximum Gasteiger partial charge on any atom is 0.194 e. The van der Waals surface area contributed by atoms with Crippen molar-refractivity contribution in [2.45, 2.75) is 32.3 Å². The maximum atomic E-state index is 14.0. The Hall–Kier alpha value is -1.09. The van der Waals surface area contributed by atoms with E-state index in [0.717, 1.165) is 57.9 Å². The molecule has 0 radical (unpaired) electrons. The van der Waals surface area contributed by atoms with E-state index >= 15 is 0 Å². The summed E-state index contributed by atoms with van der Waals surface area (Å²) in [6.07, 6.45) is 2.85. The molecule has 146 valence electrons. The summed E-state index contributed by atoms with van der Waals surface area (Å²) in [6, 6.07) is 6.96. The van der Waals surface area contributed by atoms with E-state index in [4.69, 9.17) is 4.99 Å². The van der Waals surface area contributed by atoms with Crippen molar-refractivity contribution in [1.29, 1.82) is 0 Å². The van der Waals surface area contributed by atoms with E-state index in [2.05, 4.69) is 22.0 Å². The molecule has 3 rings (SSSR count). The average Bonchev–Trinajstić information content (AvgIpc) is 3.04. The van der Waals surface area contributed by atoms with Crippen LogP contribution in [0.25, 0.3) is 0 Å². The van der Waals surface area contributed by atoms with E-state index < -0.39 is 0 Å². The molecule has 1 aliphatic carbocycles. The molecule has 2 atom stereocenters. The van der Waals surface area contributed by atoms with Crippen molar-refractivity contribution in [1.82, 2.24) is 10.2 Å². The van der Waals surface area contributed by atoms with Crippen LogP contribution in [-0.2, 0) is 0 Å². The number of hydrogen-bond acceptors (Lipinski definition) is 3. The first-order chi connectivity index (χ1) is 12.2. The first-order valence-electron chi connectivity index (χ1n) is 9.40. The van der Waals surface area contributed by atoms with E-state index in [1.54, 1.807) is 6.07 Å². The number of benzene rings is 1. The van der Waals surface area contributed by atoms with Gasteiger partial charge in [-0.1, -0.05) is 18.6 Å². The van der Waals surface area contributed by atoms with Crippen molar-refractivity contribution in [3.8, 4) is 0 Å². The van der Waals surface area contributed by atoms with Gasteiger partial charge in [-0.15, -0.1) is 24.0 Å². The first kappa shape index (κ1) is 21.2. The molecule has 1 heterocycles. The lowest BCUT2D eigenvalue weighted by molar-refractivity contribution is 0.136. The number of anilines is 1. The van der Waals surface area contributed by atoms with Crippen LogP contribution in [0.1, 0.15) is 26.2 Å². The van der Waals surface area contributed by atoms with Crippen molar-refractivity contribution in [2.75, 3.05) is 44.2 Å². The molecule has 2 aliphatic rings. The number of nitrogens with zero attached hydrogens (tertiary/aromatic N) is 3. The van der Waals surface area contributed by atoms with E-state index in [9.17, 15) is 9.50 Å². The third-order valence-corrected chi connectivity index (χ3v) is 5.20.